The van der Waals surface area contributed by atoms with Crippen LogP contribution in [0, 0.1) is 0 Å². The maximum absolute atomic E-state index is 6.55. The third-order valence-corrected chi connectivity index (χ3v) is 11.4. The molecule has 198 valence electrons. The predicted octanol–water partition coefficient (Wildman–Crippen LogP) is 11.1. The zero-order valence-electron chi connectivity index (χ0n) is 23.3. The van der Waals surface area contributed by atoms with Crippen LogP contribution in [0.3, 0.4) is 0 Å². The second-order valence-electron chi connectivity index (χ2n) is 11.8. The molecule has 0 atom stereocenters. The SMILES string of the molecule is C[Si](C)(C)c1ccc(N(c2ccc3sc4ccc5ccccc5c4c3c2)c2cccc3c2oc2ccccc23)cc1. The Kier molecular flexibility index (Phi) is 5.40. The van der Waals surface area contributed by atoms with E-state index in [0.29, 0.717) is 0 Å². The van der Waals surface area contributed by atoms with E-state index >= 15 is 0 Å². The van der Waals surface area contributed by atoms with E-state index in [4.69, 9.17) is 4.42 Å². The van der Waals surface area contributed by atoms with Crippen LogP contribution in [0.25, 0.3) is 52.9 Å². The Balaban J connectivity index is 1.41. The number of fused-ring (bicyclic) bond motifs is 8. The van der Waals surface area contributed by atoms with Crippen molar-refractivity contribution in [3.05, 3.63) is 121 Å². The minimum absolute atomic E-state index is 0.906. The molecule has 0 aliphatic rings. The Morgan fingerprint density at radius 3 is 2.12 bits per heavy atom. The van der Waals surface area contributed by atoms with Crippen molar-refractivity contribution in [1.29, 1.82) is 0 Å². The first kappa shape index (κ1) is 24.4. The number of hydrogen-bond acceptors (Lipinski definition) is 3. The summed E-state index contributed by atoms with van der Waals surface area (Å²) >= 11 is 1.87. The van der Waals surface area contributed by atoms with Crippen LogP contribution in [-0.2, 0) is 0 Å². The standard InChI is InChI=1S/C37H29NOSSi/c1-41(2,3)27-19-16-25(17-20-27)38(32-13-8-12-30-29-11-6-7-14-33(29)39-37(30)32)26-18-22-34-31(23-26)36-28-10-5-4-9-24(28)15-21-35(36)40-34/h4-23H,1-3H3. The summed E-state index contributed by atoms with van der Waals surface area (Å²) in [6.45, 7) is 7.19. The maximum atomic E-state index is 6.55. The number of anilines is 3. The lowest BCUT2D eigenvalue weighted by Crippen LogP contribution is -2.37. The molecule has 2 aromatic heterocycles. The van der Waals surface area contributed by atoms with E-state index in [9.17, 15) is 0 Å². The number of nitrogens with zero attached hydrogens (tertiary/aromatic N) is 1. The molecule has 0 radical (unpaired) electrons. The van der Waals surface area contributed by atoms with Crippen molar-refractivity contribution in [1.82, 2.24) is 0 Å². The van der Waals surface area contributed by atoms with E-state index in [-0.39, 0.29) is 0 Å². The Morgan fingerprint density at radius 2 is 1.29 bits per heavy atom. The summed E-state index contributed by atoms with van der Waals surface area (Å²) in [4.78, 5) is 2.37. The number of furan rings is 1. The Bertz CT molecular complexity index is 2250. The molecule has 0 N–H and O–H groups in total. The molecule has 6 aromatic carbocycles. The van der Waals surface area contributed by atoms with Crippen LogP contribution in [0.4, 0.5) is 17.1 Å². The first-order valence-electron chi connectivity index (χ1n) is 14.1. The fourth-order valence-electron chi connectivity index (χ4n) is 6.12. The molecule has 0 amide bonds. The zero-order valence-corrected chi connectivity index (χ0v) is 25.1. The van der Waals surface area contributed by atoms with Crippen molar-refractivity contribution in [3.8, 4) is 0 Å². The molecule has 0 fully saturated rings. The normalized spacial score (nSPS) is 12.3. The molecule has 0 saturated heterocycles. The van der Waals surface area contributed by atoms with Gasteiger partial charge in [-0.1, -0.05) is 97.6 Å². The predicted molar refractivity (Wildman–Crippen MR) is 182 cm³/mol. The van der Waals surface area contributed by atoms with E-state index in [1.54, 1.807) is 0 Å². The van der Waals surface area contributed by atoms with Gasteiger partial charge in [-0.2, -0.15) is 0 Å². The molecule has 0 aliphatic heterocycles. The van der Waals surface area contributed by atoms with E-state index in [0.717, 1.165) is 39.0 Å². The maximum Gasteiger partial charge on any atom is 0.159 e. The van der Waals surface area contributed by atoms with Crippen molar-refractivity contribution >= 4 is 94.5 Å². The van der Waals surface area contributed by atoms with Crippen LogP contribution in [0.1, 0.15) is 0 Å². The minimum Gasteiger partial charge on any atom is -0.454 e. The van der Waals surface area contributed by atoms with Gasteiger partial charge >= 0.3 is 0 Å². The van der Waals surface area contributed by atoms with Crippen molar-refractivity contribution in [2.24, 2.45) is 0 Å². The average molecular weight is 564 g/mol. The molecule has 4 heteroatoms. The summed E-state index contributed by atoms with van der Waals surface area (Å²) in [5, 5.41) is 8.93. The molecule has 0 spiro atoms. The molecule has 2 nitrogen and oxygen atoms in total. The highest BCUT2D eigenvalue weighted by Crippen LogP contribution is 2.45. The Morgan fingerprint density at radius 1 is 0.585 bits per heavy atom. The smallest absolute Gasteiger partial charge is 0.159 e. The van der Waals surface area contributed by atoms with Crippen molar-refractivity contribution in [3.63, 3.8) is 0 Å². The first-order valence-corrected chi connectivity index (χ1v) is 18.4. The van der Waals surface area contributed by atoms with Gasteiger partial charge in [0.05, 0.1) is 13.8 Å². The molecule has 0 aliphatic carbocycles. The molecular formula is C37H29NOSSi. The van der Waals surface area contributed by atoms with Crippen molar-refractivity contribution < 1.29 is 4.42 Å². The van der Waals surface area contributed by atoms with E-state index in [2.05, 4.69) is 140 Å². The highest BCUT2D eigenvalue weighted by molar-refractivity contribution is 7.26. The van der Waals surface area contributed by atoms with E-state index in [1.165, 1.54) is 36.1 Å². The fraction of sp³-hybridized carbons (Fsp3) is 0.0811. The van der Waals surface area contributed by atoms with Crippen LogP contribution >= 0.6 is 11.3 Å². The number of thiophene rings is 1. The first-order chi connectivity index (χ1) is 20.0. The Labute approximate surface area is 244 Å². The largest absolute Gasteiger partial charge is 0.454 e. The summed E-state index contributed by atoms with van der Waals surface area (Å²) in [5.74, 6) is 0. The lowest BCUT2D eigenvalue weighted by molar-refractivity contribution is 0.669. The van der Waals surface area contributed by atoms with E-state index < -0.39 is 8.07 Å². The van der Waals surface area contributed by atoms with Crippen molar-refractivity contribution in [2.45, 2.75) is 19.6 Å². The number of rotatable bonds is 4. The van der Waals surface area contributed by atoms with Crippen molar-refractivity contribution in [2.75, 3.05) is 4.90 Å². The molecule has 2 heterocycles. The lowest BCUT2D eigenvalue weighted by Gasteiger charge is -2.27. The summed E-state index contributed by atoms with van der Waals surface area (Å²) in [6, 6.07) is 44.1. The lowest BCUT2D eigenvalue weighted by atomic mass is 10.0. The summed E-state index contributed by atoms with van der Waals surface area (Å²) < 4.78 is 9.18. The molecule has 41 heavy (non-hydrogen) atoms. The van der Waals surface area contributed by atoms with Gasteiger partial charge in [0.25, 0.3) is 0 Å². The summed E-state index contributed by atoms with van der Waals surface area (Å²) in [6.07, 6.45) is 0. The quantitative estimate of drug-likeness (QED) is 0.198. The number of para-hydroxylation sites is 2. The van der Waals surface area contributed by atoms with Gasteiger partial charge in [0.15, 0.2) is 5.58 Å². The molecular weight excluding hydrogens is 535 g/mol. The van der Waals surface area contributed by atoms with Gasteiger partial charge in [-0.15, -0.1) is 11.3 Å². The van der Waals surface area contributed by atoms with Gasteiger partial charge in [-0.3, -0.25) is 0 Å². The van der Waals surface area contributed by atoms with Gasteiger partial charge < -0.3 is 9.32 Å². The number of benzene rings is 6. The topological polar surface area (TPSA) is 16.4 Å². The van der Waals surface area contributed by atoms with Gasteiger partial charge in [0.1, 0.15) is 5.58 Å². The second kappa shape index (κ2) is 9.07. The van der Waals surface area contributed by atoms with Crippen LogP contribution < -0.4 is 10.1 Å². The number of hydrogen-bond donors (Lipinski definition) is 0. The van der Waals surface area contributed by atoms with E-state index in [1.807, 2.05) is 17.4 Å². The van der Waals surface area contributed by atoms with Gasteiger partial charge in [0, 0.05) is 42.3 Å². The molecule has 0 bridgehead atoms. The Hall–Kier alpha value is -4.38. The van der Waals surface area contributed by atoms with Crippen LogP contribution in [0.2, 0.25) is 19.6 Å². The molecule has 0 saturated carbocycles. The zero-order chi connectivity index (χ0) is 27.7. The summed E-state index contributed by atoms with van der Waals surface area (Å²) in [5.41, 5.74) is 5.11. The van der Waals surface area contributed by atoms with Crippen LogP contribution in [0.5, 0.6) is 0 Å². The fourth-order valence-corrected chi connectivity index (χ4v) is 8.39. The van der Waals surface area contributed by atoms with Gasteiger partial charge in [-0.05, 0) is 59.3 Å². The monoisotopic (exact) mass is 563 g/mol. The highest BCUT2D eigenvalue weighted by Gasteiger charge is 2.22. The third kappa shape index (κ3) is 3.90. The molecule has 8 rings (SSSR count). The molecule has 8 aromatic rings. The minimum atomic E-state index is -1.44. The van der Waals surface area contributed by atoms with Gasteiger partial charge in [-0.25, -0.2) is 0 Å². The highest BCUT2D eigenvalue weighted by atomic mass is 32.1. The summed E-state index contributed by atoms with van der Waals surface area (Å²) in [7, 11) is -1.44. The van der Waals surface area contributed by atoms with Crippen LogP contribution in [0.15, 0.2) is 126 Å². The molecule has 0 unspecified atom stereocenters. The van der Waals surface area contributed by atoms with Gasteiger partial charge in [0.2, 0.25) is 0 Å². The third-order valence-electron chi connectivity index (χ3n) is 8.22. The average Bonchev–Trinajstić information content (AvgIpc) is 3.56. The van der Waals surface area contributed by atoms with Crippen LogP contribution in [-0.4, -0.2) is 8.07 Å². The second-order valence-corrected chi connectivity index (χ2v) is 18.0.